The quantitative estimate of drug-likeness (QED) is 0.398. The minimum atomic E-state index is -4.29. The van der Waals surface area contributed by atoms with Crippen LogP contribution in [0, 0.1) is 11.3 Å². The lowest BCUT2D eigenvalue weighted by atomic mass is 9.91. The SMILES string of the molecule is COC(=O)[C@@H]1CCCN1S(=O)(=O)c1cnc2n1[C@](C)(Cc1ccc(C#N)cc1)C(=O)N2c1cc(Cl)cc(Cl)c1. The van der Waals surface area contributed by atoms with Gasteiger partial charge in [0.2, 0.25) is 5.95 Å². The summed E-state index contributed by atoms with van der Waals surface area (Å²) in [5.41, 5.74) is 0.0294. The summed E-state index contributed by atoms with van der Waals surface area (Å²) in [6.45, 7) is 1.75. The number of anilines is 2. The summed E-state index contributed by atoms with van der Waals surface area (Å²) >= 11 is 12.5. The molecule has 0 saturated carbocycles. The van der Waals surface area contributed by atoms with Crippen LogP contribution < -0.4 is 4.90 Å². The lowest BCUT2D eigenvalue weighted by molar-refractivity contribution is -0.144. The fourth-order valence-electron chi connectivity index (χ4n) is 5.23. The molecule has 202 valence electrons. The average Bonchev–Trinajstić information content (AvgIpc) is 3.61. The van der Waals surface area contributed by atoms with E-state index in [1.54, 1.807) is 43.3 Å². The molecule has 2 aromatic carbocycles. The largest absolute Gasteiger partial charge is 0.468 e. The van der Waals surface area contributed by atoms with Gasteiger partial charge < -0.3 is 4.74 Å². The van der Waals surface area contributed by atoms with Gasteiger partial charge in [-0.15, -0.1) is 0 Å². The lowest BCUT2D eigenvalue weighted by Crippen LogP contribution is -2.45. The standard InChI is InChI=1S/C26H23Cl2N5O5S/c1-26(13-16-5-7-17(14-29)8-6-16)24(35)32(20-11-18(27)10-19(28)12-20)25-30-15-22(33(25)26)39(36,37)31-9-3-4-21(31)23(34)38-2/h5-8,10-12,15,21H,3-4,9,13H2,1-2H3/t21-,26+/m0/s1. The van der Waals surface area contributed by atoms with Crippen LogP contribution in [0.5, 0.6) is 0 Å². The first-order chi connectivity index (χ1) is 18.5. The van der Waals surface area contributed by atoms with Crippen molar-refractivity contribution in [1.82, 2.24) is 13.9 Å². The van der Waals surface area contributed by atoms with Gasteiger partial charge in [-0.25, -0.2) is 18.3 Å². The normalized spacial score (nSPS) is 21.2. The molecule has 0 unspecified atom stereocenters. The van der Waals surface area contributed by atoms with Gasteiger partial charge in [-0.2, -0.15) is 9.57 Å². The van der Waals surface area contributed by atoms with E-state index in [0.717, 1.165) is 4.31 Å². The van der Waals surface area contributed by atoms with Crippen molar-refractivity contribution in [3.63, 3.8) is 0 Å². The second-order valence-corrected chi connectivity index (χ2v) is 12.3. The number of esters is 1. The number of carbonyl (C=O) groups is 2. The van der Waals surface area contributed by atoms with Gasteiger partial charge in [0.1, 0.15) is 11.6 Å². The zero-order valence-corrected chi connectivity index (χ0v) is 23.3. The molecule has 0 N–H and O–H groups in total. The number of carbonyl (C=O) groups excluding carboxylic acids is 2. The molecule has 13 heteroatoms. The Morgan fingerprint density at radius 3 is 2.49 bits per heavy atom. The van der Waals surface area contributed by atoms with Gasteiger partial charge in [-0.05, 0) is 55.7 Å². The molecule has 1 aromatic heterocycles. The predicted molar refractivity (Wildman–Crippen MR) is 143 cm³/mol. The molecule has 1 saturated heterocycles. The monoisotopic (exact) mass is 587 g/mol. The molecule has 2 atom stereocenters. The summed E-state index contributed by atoms with van der Waals surface area (Å²) in [5, 5.41) is 9.52. The van der Waals surface area contributed by atoms with Crippen molar-refractivity contribution in [1.29, 1.82) is 5.26 Å². The smallest absolute Gasteiger partial charge is 0.324 e. The number of rotatable bonds is 6. The summed E-state index contributed by atoms with van der Waals surface area (Å²) < 4.78 is 35.4. The maximum atomic E-state index is 14.2. The van der Waals surface area contributed by atoms with E-state index in [1.165, 1.54) is 28.8 Å². The predicted octanol–water partition coefficient (Wildman–Crippen LogP) is 4.02. The Hall–Kier alpha value is -3.43. The van der Waals surface area contributed by atoms with Crippen LogP contribution in [0.25, 0.3) is 0 Å². The summed E-state index contributed by atoms with van der Waals surface area (Å²) in [6.07, 6.45) is 2.09. The van der Waals surface area contributed by atoms with Crippen molar-refractivity contribution in [2.24, 2.45) is 0 Å². The third kappa shape index (κ3) is 4.47. The average molecular weight is 588 g/mol. The Labute approximate surface area is 235 Å². The van der Waals surface area contributed by atoms with Gasteiger partial charge in [0.25, 0.3) is 15.9 Å². The number of methoxy groups -OCH3 is 1. The molecule has 0 spiro atoms. The summed E-state index contributed by atoms with van der Waals surface area (Å²) in [4.78, 5) is 32.2. The van der Waals surface area contributed by atoms with Gasteiger partial charge in [0.05, 0.1) is 30.6 Å². The Bertz CT molecular complexity index is 1610. The number of amides is 1. The molecule has 3 aromatic rings. The van der Waals surface area contributed by atoms with Crippen molar-refractivity contribution in [3.8, 4) is 6.07 Å². The summed E-state index contributed by atoms with van der Waals surface area (Å²) in [7, 11) is -3.07. The molecule has 10 nitrogen and oxygen atoms in total. The number of fused-ring (bicyclic) bond motifs is 1. The zero-order chi connectivity index (χ0) is 28.1. The number of aromatic nitrogens is 2. The number of halogens is 2. The zero-order valence-electron chi connectivity index (χ0n) is 21.0. The van der Waals surface area contributed by atoms with Crippen molar-refractivity contribution < 1.29 is 22.7 Å². The number of benzene rings is 2. The minimum Gasteiger partial charge on any atom is -0.468 e. The van der Waals surface area contributed by atoms with Crippen molar-refractivity contribution in [2.45, 2.75) is 42.8 Å². The number of hydrogen-bond acceptors (Lipinski definition) is 7. The second-order valence-electron chi connectivity index (χ2n) is 9.56. The molecule has 0 bridgehead atoms. The Balaban J connectivity index is 1.68. The molecule has 3 heterocycles. The summed E-state index contributed by atoms with van der Waals surface area (Å²) in [6, 6.07) is 12.4. The van der Waals surface area contributed by atoms with Gasteiger partial charge in [-0.3, -0.25) is 14.2 Å². The van der Waals surface area contributed by atoms with E-state index in [4.69, 9.17) is 27.9 Å². The Morgan fingerprint density at radius 1 is 1.21 bits per heavy atom. The summed E-state index contributed by atoms with van der Waals surface area (Å²) in [5.74, 6) is -1.03. The maximum absolute atomic E-state index is 14.2. The van der Waals surface area contributed by atoms with E-state index in [2.05, 4.69) is 11.1 Å². The number of ether oxygens (including phenoxy) is 1. The Morgan fingerprint density at radius 2 is 1.87 bits per heavy atom. The Kier molecular flexibility index (Phi) is 6.93. The third-order valence-corrected chi connectivity index (χ3v) is 9.36. The van der Waals surface area contributed by atoms with E-state index < -0.39 is 33.5 Å². The fourth-order valence-corrected chi connectivity index (χ4v) is 7.58. The molecule has 1 amide bonds. The minimum absolute atomic E-state index is 0.0712. The highest BCUT2D eigenvalue weighted by atomic mass is 35.5. The van der Waals surface area contributed by atoms with Gasteiger partial charge >= 0.3 is 5.97 Å². The number of sulfonamides is 1. The first kappa shape index (κ1) is 27.1. The van der Waals surface area contributed by atoms with Crippen LogP contribution in [0.2, 0.25) is 10.0 Å². The molecular weight excluding hydrogens is 565 g/mol. The van der Waals surface area contributed by atoms with Crippen LogP contribution in [-0.4, -0.2) is 53.8 Å². The number of hydrogen-bond donors (Lipinski definition) is 0. The van der Waals surface area contributed by atoms with Gasteiger partial charge in [0.15, 0.2) is 5.03 Å². The van der Waals surface area contributed by atoms with Crippen molar-refractivity contribution >= 4 is 56.7 Å². The fraction of sp³-hybridized carbons (Fsp3) is 0.308. The topological polar surface area (TPSA) is 126 Å². The van der Waals surface area contributed by atoms with Crippen LogP contribution in [0.4, 0.5) is 11.6 Å². The van der Waals surface area contributed by atoms with E-state index in [9.17, 15) is 23.3 Å². The van der Waals surface area contributed by atoms with E-state index in [0.29, 0.717) is 29.7 Å². The highest BCUT2D eigenvalue weighted by molar-refractivity contribution is 7.89. The molecule has 2 aliphatic rings. The van der Waals surface area contributed by atoms with Crippen LogP contribution in [0.3, 0.4) is 0 Å². The first-order valence-electron chi connectivity index (χ1n) is 12.0. The van der Waals surface area contributed by atoms with Crippen LogP contribution in [0.15, 0.2) is 53.7 Å². The first-order valence-corrected chi connectivity index (χ1v) is 14.2. The molecule has 1 fully saturated rings. The molecular formula is C26H23Cl2N5O5S. The van der Waals surface area contributed by atoms with E-state index >= 15 is 0 Å². The second kappa shape index (κ2) is 9.95. The van der Waals surface area contributed by atoms with E-state index in [-0.39, 0.29) is 34.0 Å². The number of nitriles is 1. The van der Waals surface area contributed by atoms with Gasteiger partial charge in [0, 0.05) is 23.0 Å². The molecule has 39 heavy (non-hydrogen) atoms. The van der Waals surface area contributed by atoms with Crippen LogP contribution in [-0.2, 0) is 36.3 Å². The van der Waals surface area contributed by atoms with Crippen molar-refractivity contribution in [2.75, 3.05) is 18.6 Å². The van der Waals surface area contributed by atoms with Crippen LogP contribution >= 0.6 is 23.2 Å². The molecule has 0 radical (unpaired) electrons. The maximum Gasteiger partial charge on any atom is 0.324 e. The third-order valence-electron chi connectivity index (χ3n) is 7.06. The lowest BCUT2D eigenvalue weighted by Gasteiger charge is -2.28. The number of imidazole rings is 1. The number of nitrogens with zero attached hydrogens (tertiary/aromatic N) is 5. The molecule has 2 aliphatic heterocycles. The van der Waals surface area contributed by atoms with Crippen molar-refractivity contribution in [3.05, 3.63) is 69.8 Å². The molecule has 0 aliphatic carbocycles. The molecule has 5 rings (SSSR count). The van der Waals surface area contributed by atoms with Crippen LogP contribution in [0.1, 0.15) is 30.9 Å². The van der Waals surface area contributed by atoms with Gasteiger partial charge in [-0.1, -0.05) is 35.3 Å². The highest BCUT2D eigenvalue weighted by Gasteiger charge is 2.53. The highest BCUT2D eigenvalue weighted by Crippen LogP contribution is 2.45. The van der Waals surface area contributed by atoms with E-state index in [1.807, 2.05) is 0 Å².